The van der Waals surface area contributed by atoms with Crippen molar-refractivity contribution in [2.24, 2.45) is 7.05 Å². The molecule has 4 rings (SSSR count). The van der Waals surface area contributed by atoms with Crippen LogP contribution < -0.4 is 5.32 Å². The quantitative estimate of drug-likeness (QED) is 0.302. The van der Waals surface area contributed by atoms with Crippen LogP contribution in [0, 0.1) is 6.92 Å². The summed E-state index contributed by atoms with van der Waals surface area (Å²) >= 11 is 13.1. The van der Waals surface area contributed by atoms with Gasteiger partial charge in [0, 0.05) is 24.0 Å². The fourth-order valence-electron chi connectivity index (χ4n) is 3.29. The average Bonchev–Trinajstić information content (AvgIpc) is 3.35. The highest BCUT2D eigenvalue weighted by Crippen LogP contribution is 2.34. The van der Waals surface area contributed by atoms with Gasteiger partial charge in [-0.2, -0.15) is 18.3 Å². The maximum absolute atomic E-state index is 13.0. The SMILES string of the molecule is Cc1nn(C)cc1-c1nnc(SCC(=O)Nc2cc(C(F)(F)F)ccc2Cl)n1-c1ccc(Cl)cc1. The minimum absolute atomic E-state index is 0.00461. The molecule has 4 aromatic rings. The van der Waals surface area contributed by atoms with Crippen molar-refractivity contribution in [2.75, 3.05) is 11.1 Å². The summed E-state index contributed by atoms with van der Waals surface area (Å²) in [6.45, 7) is 1.84. The van der Waals surface area contributed by atoms with Crippen LogP contribution in [0.3, 0.4) is 0 Å². The van der Waals surface area contributed by atoms with Gasteiger partial charge in [0.15, 0.2) is 11.0 Å². The van der Waals surface area contributed by atoms with E-state index in [-0.39, 0.29) is 16.5 Å². The summed E-state index contributed by atoms with van der Waals surface area (Å²) in [7, 11) is 1.79. The van der Waals surface area contributed by atoms with Gasteiger partial charge in [-0.25, -0.2) is 0 Å². The first kappa shape index (κ1) is 25.1. The molecule has 0 bridgehead atoms. The number of anilines is 1. The summed E-state index contributed by atoms with van der Waals surface area (Å²) < 4.78 is 42.5. The Balaban J connectivity index is 1.60. The Labute approximate surface area is 212 Å². The zero-order valence-electron chi connectivity index (χ0n) is 18.3. The Kier molecular flexibility index (Phi) is 7.11. The minimum Gasteiger partial charge on any atom is -0.324 e. The van der Waals surface area contributed by atoms with Gasteiger partial charge in [0.1, 0.15) is 0 Å². The molecule has 2 aromatic carbocycles. The number of hydrogen-bond donors (Lipinski definition) is 1. The largest absolute Gasteiger partial charge is 0.416 e. The van der Waals surface area contributed by atoms with E-state index in [1.807, 2.05) is 13.1 Å². The van der Waals surface area contributed by atoms with E-state index in [0.717, 1.165) is 41.2 Å². The summed E-state index contributed by atoms with van der Waals surface area (Å²) in [6.07, 6.45) is -2.75. The molecular weight excluding hydrogens is 524 g/mol. The predicted molar refractivity (Wildman–Crippen MR) is 129 cm³/mol. The lowest BCUT2D eigenvalue weighted by molar-refractivity contribution is -0.137. The molecule has 0 atom stereocenters. The molecular formula is C22H17Cl2F3N6OS. The predicted octanol–water partition coefficient (Wildman–Crippen LogP) is 6.03. The van der Waals surface area contributed by atoms with E-state index in [2.05, 4.69) is 20.6 Å². The molecule has 0 aliphatic heterocycles. The van der Waals surface area contributed by atoms with Crippen molar-refractivity contribution in [3.05, 3.63) is 70.0 Å². The Morgan fingerprint density at radius 3 is 2.46 bits per heavy atom. The van der Waals surface area contributed by atoms with Crippen LogP contribution in [0.2, 0.25) is 10.0 Å². The maximum atomic E-state index is 13.0. The van der Waals surface area contributed by atoms with Gasteiger partial charge < -0.3 is 5.32 Å². The van der Waals surface area contributed by atoms with Crippen LogP contribution in [0.4, 0.5) is 18.9 Å². The van der Waals surface area contributed by atoms with E-state index in [9.17, 15) is 18.0 Å². The van der Waals surface area contributed by atoms with Crippen molar-refractivity contribution in [1.29, 1.82) is 0 Å². The summed E-state index contributed by atoms with van der Waals surface area (Å²) in [6, 6.07) is 9.74. The first-order valence-electron chi connectivity index (χ1n) is 10.0. The number of aromatic nitrogens is 5. The van der Waals surface area contributed by atoms with Gasteiger partial charge >= 0.3 is 6.18 Å². The second-order valence-corrected chi connectivity index (χ2v) is 9.24. The summed E-state index contributed by atoms with van der Waals surface area (Å²) in [5, 5.41) is 16.3. The number of thioether (sulfide) groups is 1. The third kappa shape index (κ3) is 5.63. The summed E-state index contributed by atoms with van der Waals surface area (Å²) in [5.74, 6) is -0.188. The Bertz CT molecular complexity index is 1390. The maximum Gasteiger partial charge on any atom is 0.416 e. The van der Waals surface area contributed by atoms with Crippen molar-refractivity contribution >= 4 is 46.6 Å². The molecule has 2 heterocycles. The summed E-state index contributed by atoms with van der Waals surface area (Å²) in [5.41, 5.74) is 1.16. The zero-order chi connectivity index (χ0) is 25.3. The Morgan fingerprint density at radius 1 is 1.11 bits per heavy atom. The van der Waals surface area contributed by atoms with Gasteiger partial charge in [0.05, 0.1) is 33.3 Å². The van der Waals surface area contributed by atoms with Crippen LogP contribution in [0.15, 0.2) is 53.8 Å². The van der Waals surface area contributed by atoms with E-state index in [1.54, 1.807) is 40.6 Å². The van der Waals surface area contributed by atoms with Crippen molar-refractivity contribution in [2.45, 2.75) is 18.3 Å². The van der Waals surface area contributed by atoms with Crippen LogP contribution in [-0.4, -0.2) is 36.2 Å². The molecule has 2 aromatic heterocycles. The first-order chi connectivity index (χ1) is 16.5. The number of amides is 1. The number of hydrogen-bond acceptors (Lipinski definition) is 5. The topological polar surface area (TPSA) is 77.6 Å². The molecule has 182 valence electrons. The second-order valence-electron chi connectivity index (χ2n) is 7.45. The van der Waals surface area contributed by atoms with Gasteiger partial charge in [-0.05, 0) is 49.4 Å². The molecule has 0 radical (unpaired) electrons. The highest BCUT2D eigenvalue weighted by atomic mass is 35.5. The Hall–Kier alpha value is -3.02. The lowest BCUT2D eigenvalue weighted by atomic mass is 10.2. The molecule has 13 heteroatoms. The number of benzene rings is 2. The zero-order valence-corrected chi connectivity index (χ0v) is 20.6. The van der Waals surface area contributed by atoms with Crippen LogP contribution in [-0.2, 0) is 18.0 Å². The third-order valence-electron chi connectivity index (χ3n) is 4.87. The van der Waals surface area contributed by atoms with Gasteiger partial charge in [-0.3, -0.25) is 14.0 Å². The van der Waals surface area contributed by atoms with Crippen molar-refractivity contribution in [3.63, 3.8) is 0 Å². The fourth-order valence-corrected chi connectivity index (χ4v) is 4.34. The molecule has 0 aliphatic rings. The lowest BCUT2D eigenvalue weighted by Gasteiger charge is -2.12. The van der Waals surface area contributed by atoms with E-state index in [0.29, 0.717) is 21.7 Å². The Morgan fingerprint density at radius 2 is 1.83 bits per heavy atom. The molecule has 1 amide bonds. The highest BCUT2D eigenvalue weighted by molar-refractivity contribution is 7.99. The second kappa shape index (κ2) is 9.92. The summed E-state index contributed by atoms with van der Waals surface area (Å²) in [4.78, 5) is 12.6. The number of rotatable bonds is 6. The number of nitrogens with zero attached hydrogens (tertiary/aromatic N) is 5. The molecule has 7 nitrogen and oxygen atoms in total. The van der Waals surface area contributed by atoms with Crippen LogP contribution in [0.1, 0.15) is 11.3 Å². The molecule has 0 aliphatic carbocycles. The monoisotopic (exact) mass is 540 g/mol. The highest BCUT2D eigenvalue weighted by Gasteiger charge is 2.31. The third-order valence-corrected chi connectivity index (χ3v) is 6.38. The molecule has 0 fully saturated rings. The fraction of sp³-hybridized carbons (Fsp3) is 0.182. The molecule has 0 saturated heterocycles. The number of alkyl halides is 3. The van der Waals surface area contributed by atoms with E-state index in [4.69, 9.17) is 23.2 Å². The average molecular weight is 541 g/mol. The van der Waals surface area contributed by atoms with Gasteiger partial charge in [-0.1, -0.05) is 35.0 Å². The first-order valence-corrected chi connectivity index (χ1v) is 11.8. The standard InChI is InChI=1S/C22H17Cl2F3N6OS/c1-12-16(10-32(2)31-12)20-29-30-21(33(20)15-6-4-14(23)5-7-15)35-11-19(34)28-18-9-13(22(25,26)27)3-8-17(18)24/h3-10H,11H2,1-2H3,(H,28,34). The molecule has 35 heavy (non-hydrogen) atoms. The number of carbonyl (C=O) groups excluding carboxylic acids is 1. The van der Waals surface area contributed by atoms with Crippen molar-refractivity contribution < 1.29 is 18.0 Å². The number of aryl methyl sites for hydroxylation is 2. The molecule has 0 unspecified atom stereocenters. The molecule has 0 spiro atoms. The van der Waals surface area contributed by atoms with Crippen LogP contribution >= 0.6 is 35.0 Å². The van der Waals surface area contributed by atoms with Gasteiger partial charge in [0.2, 0.25) is 5.91 Å². The number of carbonyl (C=O) groups is 1. The van der Waals surface area contributed by atoms with Crippen molar-refractivity contribution in [3.8, 4) is 17.1 Å². The van der Waals surface area contributed by atoms with Gasteiger partial charge in [0.25, 0.3) is 0 Å². The molecule has 0 saturated carbocycles. The van der Waals surface area contributed by atoms with Gasteiger partial charge in [-0.15, -0.1) is 10.2 Å². The smallest absolute Gasteiger partial charge is 0.324 e. The number of halogens is 5. The number of nitrogens with one attached hydrogen (secondary N) is 1. The minimum atomic E-state index is -4.56. The van der Waals surface area contributed by atoms with E-state index >= 15 is 0 Å². The van der Waals surface area contributed by atoms with Crippen molar-refractivity contribution in [1.82, 2.24) is 24.5 Å². The van der Waals surface area contributed by atoms with Crippen LogP contribution in [0.25, 0.3) is 17.1 Å². The lowest BCUT2D eigenvalue weighted by Crippen LogP contribution is -2.16. The van der Waals surface area contributed by atoms with Crippen LogP contribution in [0.5, 0.6) is 0 Å². The normalized spacial score (nSPS) is 11.6. The van der Waals surface area contributed by atoms with E-state index in [1.165, 1.54) is 0 Å². The molecule has 1 N–H and O–H groups in total. The van der Waals surface area contributed by atoms with E-state index < -0.39 is 17.6 Å².